The zero-order chi connectivity index (χ0) is 19.9. The monoisotopic (exact) mass is 402 g/mol. The number of rotatable bonds is 3. The van der Waals surface area contributed by atoms with Crippen LogP contribution in [-0.4, -0.2) is 17.9 Å². The molecule has 0 bridgehead atoms. The molecule has 2 aromatic heterocycles. The third-order valence-electron chi connectivity index (χ3n) is 4.17. The molecule has 2 aromatic carbocycles. The van der Waals surface area contributed by atoms with Crippen molar-refractivity contribution in [2.75, 3.05) is 11.9 Å². The molecular formula is C20H13F3N2O2S. The van der Waals surface area contributed by atoms with Crippen molar-refractivity contribution in [1.82, 2.24) is 4.98 Å². The van der Waals surface area contributed by atoms with Gasteiger partial charge in [-0.3, -0.25) is 9.69 Å². The van der Waals surface area contributed by atoms with Gasteiger partial charge in [-0.25, -0.2) is 4.98 Å². The Balaban J connectivity index is 1.61. The van der Waals surface area contributed by atoms with Crippen molar-refractivity contribution in [3.63, 3.8) is 0 Å². The molecule has 0 aliphatic rings. The fourth-order valence-electron chi connectivity index (χ4n) is 2.71. The van der Waals surface area contributed by atoms with Crippen LogP contribution in [-0.2, 0) is 6.18 Å². The van der Waals surface area contributed by atoms with Crippen molar-refractivity contribution >= 4 is 32.6 Å². The van der Waals surface area contributed by atoms with E-state index in [0.29, 0.717) is 5.13 Å². The summed E-state index contributed by atoms with van der Waals surface area (Å²) in [6.45, 7) is 0. The standard InChI is InChI=1S/C20H13F3N2O2S/c1-25(19-24-14-7-2-3-8-17(14)28-19)18(26)16-10-9-15(27-16)12-5-4-6-13(11-12)20(21,22)23/h2-11H,1H3. The molecule has 0 aliphatic heterocycles. The summed E-state index contributed by atoms with van der Waals surface area (Å²) in [5, 5.41) is 0.503. The van der Waals surface area contributed by atoms with Gasteiger partial charge in [0.1, 0.15) is 5.76 Å². The van der Waals surface area contributed by atoms with E-state index in [1.165, 1.54) is 40.5 Å². The van der Waals surface area contributed by atoms with E-state index in [2.05, 4.69) is 4.98 Å². The predicted octanol–water partition coefficient (Wildman–Crippen LogP) is 5.85. The van der Waals surface area contributed by atoms with Crippen molar-refractivity contribution < 1.29 is 22.4 Å². The molecule has 0 radical (unpaired) electrons. The average Bonchev–Trinajstić information content (AvgIpc) is 3.33. The molecule has 0 aliphatic carbocycles. The lowest BCUT2D eigenvalue weighted by Gasteiger charge is -2.11. The van der Waals surface area contributed by atoms with E-state index < -0.39 is 17.6 Å². The van der Waals surface area contributed by atoms with Gasteiger partial charge in [0.05, 0.1) is 15.8 Å². The van der Waals surface area contributed by atoms with Gasteiger partial charge in [-0.15, -0.1) is 0 Å². The first-order valence-corrected chi connectivity index (χ1v) is 9.06. The Morgan fingerprint density at radius 3 is 2.61 bits per heavy atom. The van der Waals surface area contributed by atoms with Crippen molar-refractivity contribution in [2.45, 2.75) is 6.18 Å². The van der Waals surface area contributed by atoms with Crippen LogP contribution in [0.1, 0.15) is 16.1 Å². The lowest BCUT2D eigenvalue weighted by atomic mass is 10.1. The van der Waals surface area contributed by atoms with Crippen LogP contribution >= 0.6 is 11.3 Å². The molecule has 0 N–H and O–H groups in total. The number of alkyl halides is 3. The molecule has 0 atom stereocenters. The summed E-state index contributed by atoms with van der Waals surface area (Å²) in [4.78, 5) is 18.5. The summed E-state index contributed by atoms with van der Waals surface area (Å²) in [5.41, 5.74) is 0.253. The van der Waals surface area contributed by atoms with E-state index in [-0.39, 0.29) is 17.1 Å². The summed E-state index contributed by atoms with van der Waals surface area (Å²) in [5.74, 6) is -0.224. The number of anilines is 1. The minimum Gasteiger partial charge on any atom is -0.451 e. The molecule has 0 saturated carbocycles. The normalized spacial score (nSPS) is 11.7. The third kappa shape index (κ3) is 3.38. The van der Waals surface area contributed by atoms with Crippen LogP contribution in [0.2, 0.25) is 0 Å². The second-order valence-corrected chi connectivity index (χ2v) is 7.08. The summed E-state index contributed by atoms with van der Waals surface area (Å²) in [7, 11) is 1.58. The largest absolute Gasteiger partial charge is 0.451 e. The van der Waals surface area contributed by atoms with E-state index >= 15 is 0 Å². The molecule has 142 valence electrons. The van der Waals surface area contributed by atoms with Gasteiger partial charge in [0.2, 0.25) is 0 Å². The lowest BCUT2D eigenvalue weighted by molar-refractivity contribution is -0.137. The SMILES string of the molecule is CN(C(=O)c1ccc(-c2cccc(C(F)(F)F)c2)o1)c1nc2ccccc2s1. The van der Waals surface area contributed by atoms with Gasteiger partial charge in [0.15, 0.2) is 10.9 Å². The van der Waals surface area contributed by atoms with Gasteiger partial charge >= 0.3 is 6.18 Å². The van der Waals surface area contributed by atoms with Crippen molar-refractivity contribution in [2.24, 2.45) is 0 Å². The topological polar surface area (TPSA) is 46.3 Å². The second-order valence-electron chi connectivity index (χ2n) is 6.07. The van der Waals surface area contributed by atoms with Crippen molar-refractivity contribution in [3.8, 4) is 11.3 Å². The number of carbonyl (C=O) groups is 1. The predicted molar refractivity (Wildman–Crippen MR) is 101 cm³/mol. The Kier molecular flexibility index (Phi) is 4.43. The third-order valence-corrected chi connectivity index (χ3v) is 5.28. The smallest absolute Gasteiger partial charge is 0.416 e. The minimum atomic E-state index is -4.45. The molecule has 2 heterocycles. The molecular weight excluding hydrogens is 389 g/mol. The van der Waals surface area contributed by atoms with Crippen LogP contribution in [0.4, 0.5) is 18.3 Å². The molecule has 0 unspecified atom stereocenters. The molecule has 4 nitrogen and oxygen atoms in total. The Labute approximate surface area is 161 Å². The van der Waals surface area contributed by atoms with Crippen LogP contribution in [0.5, 0.6) is 0 Å². The molecule has 4 rings (SSSR count). The fraction of sp³-hybridized carbons (Fsp3) is 0.100. The molecule has 4 aromatic rings. The number of halogens is 3. The number of benzene rings is 2. The number of carbonyl (C=O) groups excluding carboxylic acids is 1. The summed E-state index contributed by atoms with van der Waals surface area (Å²) >= 11 is 1.36. The highest BCUT2D eigenvalue weighted by Crippen LogP contribution is 2.33. The second kappa shape index (κ2) is 6.79. The molecule has 0 fully saturated rings. The first kappa shape index (κ1) is 18.2. The molecule has 0 spiro atoms. The molecule has 1 amide bonds. The average molecular weight is 402 g/mol. The lowest BCUT2D eigenvalue weighted by Crippen LogP contribution is -2.25. The highest BCUT2D eigenvalue weighted by molar-refractivity contribution is 7.22. The Morgan fingerprint density at radius 2 is 1.86 bits per heavy atom. The number of para-hydroxylation sites is 1. The van der Waals surface area contributed by atoms with Gasteiger partial charge in [-0.2, -0.15) is 13.2 Å². The molecule has 28 heavy (non-hydrogen) atoms. The van der Waals surface area contributed by atoms with Crippen LogP contribution in [0.25, 0.3) is 21.5 Å². The number of amides is 1. The summed E-state index contributed by atoms with van der Waals surface area (Å²) < 4.78 is 45.2. The molecule has 0 saturated heterocycles. The zero-order valence-electron chi connectivity index (χ0n) is 14.5. The van der Waals surface area contributed by atoms with Crippen LogP contribution in [0, 0.1) is 0 Å². The van der Waals surface area contributed by atoms with E-state index in [9.17, 15) is 18.0 Å². The number of nitrogens with zero attached hydrogens (tertiary/aromatic N) is 2. The van der Waals surface area contributed by atoms with Crippen LogP contribution in [0.15, 0.2) is 65.1 Å². The molecule has 8 heteroatoms. The maximum Gasteiger partial charge on any atom is 0.416 e. The first-order valence-electron chi connectivity index (χ1n) is 8.24. The Hall–Kier alpha value is -3.13. The van der Waals surface area contributed by atoms with Gasteiger partial charge in [0.25, 0.3) is 5.91 Å². The summed E-state index contributed by atoms with van der Waals surface area (Å²) in [6, 6.07) is 15.2. The number of hydrogen-bond donors (Lipinski definition) is 0. The zero-order valence-corrected chi connectivity index (χ0v) is 15.3. The number of furan rings is 1. The van der Waals surface area contributed by atoms with E-state index in [0.717, 1.165) is 22.3 Å². The van der Waals surface area contributed by atoms with E-state index in [1.807, 2.05) is 24.3 Å². The van der Waals surface area contributed by atoms with Crippen molar-refractivity contribution in [3.05, 3.63) is 72.0 Å². The number of thiazole rings is 1. The first-order chi connectivity index (χ1) is 13.3. The van der Waals surface area contributed by atoms with E-state index in [4.69, 9.17) is 4.42 Å². The van der Waals surface area contributed by atoms with Crippen LogP contribution < -0.4 is 4.90 Å². The van der Waals surface area contributed by atoms with Crippen molar-refractivity contribution in [1.29, 1.82) is 0 Å². The quantitative estimate of drug-likeness (QED) is 0.432. The highest BCUT2D eigenvalue weighted by Gasteiger charge is 2.30. The maximum absolute atomic E-state index is 12.9. The van der Waals surface area contributed by atoms with Gasteiger partial charge < -0.3 is 4.42 Å². The van der Waals surface area contributed by atoms with Crippen LogP contribution in [0.3, 0.4) is 0 Å². The number of aromatic nitrogens is 1. The van der Waals surface area contributed by atoms with E-state index in [1.54, 1.807) is 7.05 Å². The number of fused-ring (bicyclic) bond motifs is 1. The Bertz CT molecular complexity index is 1130. The van der Waals surface area contributed by atoms with Gasteiger partial charge in [0, 0.05) is 12.6 Å². The minimum absolute atomic E-state index is 0.0224. The summed E-state index contributed by atoms with van der Waals surface area (Å²) in [6.07, 6.45) is -4.45. The fourth-order valence-corrected chi connectivity index (χ4v) is 3.64. The maximum atomic E-state index is 12.9. The highest BCUT2D eigenvalue weighted by atomic mass is 32.1. The Morgan fingerprint density at radius 1 is 1.07 bits per heavy atom. The van der Waals surface area contributed by atoms with Gasteiger partial charge in [-0.1, -0.05) is 35.6 Å². The number of hydrogen-bond acceptors (Lipinski definition) is 4. The van der Waals surface area contributed by atoms with Gasteiger partial charge in [-0.05, 0) is 36.4 Å².